The van der Waals surface area contributed by atoms with E-state index in [9.17, 15) is 9.59 Å². The number of nitrogens with zero attached hydrogens (tertiary/aromatic N) is 1. The van der Waals surface area contributed by atoms with Crippen molar-refractivity contribution in [2.45, 2.75) is 13.8 Å². The van der Waals surface area contributed by atoms with Crippen molar-refractivity contribution in [2.75, 3.05) is 26.0 Å². The van der Waals surface area contributed by atoms with Crippen LogP contribution in [0.1, 0.15) is 21.5 Å². The Morgan fingerprint density at radius 2 is 1.67 bits per heavy atom. The van der Waals surface area contributed by atoms with Crippen molar-refractivity contribution in [2.24, 2.45) is 0 Å². The lowest BCUT2D eigenvalue weighted by atomic mass is 10.1. The van der Waals surface area contributed by atoms with E-state index >= 15 is 0 Å². The number of anilines is 1. The highest BCUT2D eigenvalue weighted by molar-refractivity contribution is 5.99. The topological polar surface area (TPSA) is 58.6 Å². The maximum Gasteiger partial charge on any atom is 0.417 e. The van der Waals surface area contributed by atoms with E-state index in [-0.39, 0.29) is 5.78 Å². The molecule has 5 nitrogen and oxygen atoms in total. The summed E-state index contributed by atoms with van der Waals surface area (Å²) in [6.07, 6.45) is -0.579. The molecule has 0 aliphatic carbocycles. The van der Waals surface area contributed by atoms with Gasteiger partial charge in [-0.05, 0) is 51.2 Å². The number of hydrogen-bond donors (Lipinski definition) is 1. The molecule has 5 heteroatoms. The van der Waals surface area contributed by atoms with E-state index in [1.807, 2.05) is 46.1 Å². The monoisotopic (exact) mass is 326 g/mol. The molecule has 0 aromatic heterocycles. The first-order valence-corrected chi connectivity index (χ1v) is 7.70. The smallest absolute Gasteiger partial charge is 0.410 e. The van der Waals surface area contributed by atoms with Crippen LogP contribution >= 0.6 is 0 Å². The molecule has 0 aliphatic heterocycles. The number of benzene rings is 2. The predicted octanol–water partition coefficient (Wildman–Crippen LogP) is 3.66. The van der Waals surface area contributed by atoms with Crippen LogP contribution in [0.25, 0.3) is 0 Å². The van der Waals surface area contributed by atoms with E-state index in [1.165, 1.54) is 0 Å². The second-order valence-corrected chi connectivity index (χ2v) is 5.98. The fourth-order valence-corrected chi connectivity index (χ4v) is 2.35. The highest BCUT2D eigenvalue weighted by Gasteiger charge is 2.12. The van der Waals surface area contributed by atoms with Crippen molar-refractivity contribution in [1.82, 2.24) is 4.90 Å². The molecule has 2 rings (SSSR count). The lowest BCUT2D eigenvalue weighted by Gasteiger charge is -2.12. The number of nitrogens with one attached hydrogen (secondary N) is 1. The first kappa shape index (κ1) is 17.7. The SMILES string of the molecule is Cc1cccc(C)c1OC(=O)Nc1cccc(C(=O)CN(C)C)c1. The summed E-state index contributed by atoms with van der Waals surface area (Å²) in [7, 11) is 3.67. The molecule has 0 saturated heterocycles. The fraction of sp³-hybridized carbons (Fsp3) is 0.263. The molecule has 0 unspecified atom stereocenters. The molecule has 0 spiro atoms. The van der Waals surface area contributed by atoms with Gasteiger partial charge in [0.15, 0.2) is 5.78 Å². The van der Waals surface area contributed by atoms with Gasteiger partial charge in [0.2, 0.25) is 0 Å². The van der Waals surface area contributed by atoms with E-state index in [2.05, 4.69) is 5.32 Å². The summed E-state index contributed by atoms with van der Waals surface area (Å²) in [6, 6.07) is 12.5. The van der Waals surface area contributed by atoms with Crippen LogP contribution in [-0.2, 0) is 0 Å². The number of likely N-dealkylation sites (N-methyl/N-ethyl adjacent to an activating group) is 1. The van der Waals surface area contributed by atoms with Crippen molar-refractivity contribution in [3.63, 3.8) is 0 Å². The number of aryl methyl sites for hydroxylation is 2. The Morgan fingerprint density at radius 3 is 2.29 bits per heavy atom. The molecule has 2 aromatic carbocycles. The van der Waals surface area contributed by atoms with Gasteiger partial charge in [0.05, 0.1) is 6.54 Å². The summed E-state index contributed by atoms with van der Waals surface area (Å²) >= 11 is 0. The van der Waals surface area contributed by atoms with Crippen LogP contribution in [0.2, 0.25) is 0 Å². The number of hydrogen-bond acceptors (Lipinski definition) is 4. The minimum atomic E-state index is -0.579. The van der Waals surface area contributed by atoms with Crippen LogP contribution in [-0.4, -0.2) is 37.4 Å². The Hall–Kier alpha value is -2.66. The number of Topliss-reactive ketones (excluding diaryl/α,β-unsaturated/α-hetero) is 1. The standard InChI is InChI=1S/C19H22N2O3/c1-13-7-5-8-14(2)18(13)24-19(23)20-16-10-6-9-15(11-16)17(22)12-21(3)4/h5-11H,12H2,1-4H3,(H,20,23). The zero-order valence-electron chi connectivity index (χ0n) is 14.4. The maximum absolute atomic E-state index is 12.1. The summed E-state index contributed by atoms with van der Waals surface area (Å²) in [5.74, 6) is 0.543. The van der Waals surface area contributed by atoms with Gasteiger partial charge in [0, 0.05) is 11.3 Å². The lowest BCUT2D eigenvalue weighted by Crippen LogP contribution is -2.22. The van der Waals surface area contributed by atoms with E-state index < -0.39 is 6.09 Å². The van der Waals surface area contributed by atoms with Crippen molar-refractivity contribution in [3.8, 4) is 5.75 Å². The molecule has 0 heterocycles. The third-order valence-corrected chi connectivity index (χ3v) is 3.49. The maximum atomic E-state index is 12.1. The number of amides is 1. The number of rotatable bonds is 5. The zero-order chi connectivity index (χ0) is 17.7. The summed E-state index contributed by atoms with van der Waals surface area (Å²) in [5.41, 5.74) is 2.85. The Morgan fingerprint density at radius 1 is 1.04 bits per heavy atom. The van der Waals surface area contributed by atoms with E-state index in [1.54, 1.807) is 29.2 Å². The Bertz CT molecular complexity index is 734. The van der Waals surface area contributed by atoms with Crippen molar-refractivity contribution < 1.29 is 14.3 Å². The van der Waals surface area contributed by atoms with Crippen LogP contribution in [0.3, 0.4) is 0 Å². The fourth-order valence-electron chi connectivity index (χ4n) is 2.35. The number of ether oxygens (including phenoxy) is 1. The van der Waals surface area contributed by atoms with Gasteiger partial charge in [-0.1, -0.05) is 30.3 Å². The second kappa shape index (κ2) is 7.75. The van der Waals surface area contributed by atoms with Crippen LogP contribution in [0.5, 0.6) is 5.75 Å². The van der Waals surface area contributed by atoms with E-state index in [0.29, 0.717) is 23.5 Å². The molecule has 1 amide bonds. The molecule has 1 N–H and O–H groups in total. The largest absolute Gasteiger partial charge is 0.417 e. The van der Waals surface area contributed by atoms with Crippen molar-refractivity contribution >= 4 is 17.6 Å². The quantitative estimate of drug-likeness (QED) is 0.852. The molecule has 2 aromatic rings. The van der Waals surface area contributed by atoms with Gasteiger partial charge in [-0.2, -0.15) is 0 Å². The average Bonchev–Trinajstić information content (AvgIpc) is 2.50. The Balaban J connectivity index is 2.08. The van der Waals surface area contributed by atoms with Gasteiger partial charge in [0.1, 0.15) is 5.75 Å². The second-order valence-electron chi connectivity index (χ2n) is 5.98. The van der Waals surface area contributed by atoms with Crippen LogP contribution in [0.4, 0.5) is 10.5 Å². The molecule has 0 saturated carbocycles. The highest BCUT2D eigenvalue weighted by Crippen LogP contribution is 2.23. The normalized spacial score (nSPS) is 10.5. The molecule has 0 radical (unpaired) electrons. The third-order valence-electron chi connectivity index (χ3n) is 3.49. The van der Waals surface area contributed by atoms with Crippen molar-refractivity contribution in [1.29, 1.82) is 0 Å². The molecule has 0 aliphatic rings. The Labute approximate surface area is 142 Å². The van der Waals surface area contributed by atoms with E-state index in [0.717, 1.165) is 11.1 Å². The van der Waals surface area contributed by atoms with Gasteiger partial charge < -0.3 is 9.64 Å². The molecule has 24 heavy (non-hydrogen) atoms. The summed E-state index contributed by atoms with van der Waals surface area (Å²) in [5, 5.41) is 2.67. The minimum Gasteiger partial charge on any atom is -0.410 e. The molecule has 0 atom stereocenters. The van der Waals surface area contributed by atoms with Gasteiger partial charge in [-0.3, -0.25) is 10.1 Å². The number of carbonyl (C=O) groups is 2. The number of ketones is 1. The molecule has 0 bridgehead atoms. The van der Waals surface area contributed by atoms with Crippen LogP contribution in [0.15, 0.2) is 42.5 Å². The molecule has 126 valence electrons. The van der Waals surface area contributed by atoms with Crippen molar-refractivity contribution in [3.05, 3.63) is 59.2 Å². The predicted molar refractivity (Wildman–Crippen MR) is 94.9 cm³/mol. The van der Waals surface area contributed by atoms with Crippen LogP contribution < -0.4 is 10.1 Å². The minimum absolute atomic E-state index is 0.00762. The van der Waals surface area contributed by atoms with Gasteiger partial charge in [0.25, 0.3) is 0 Å². The molecular formula is C19H22N2O3. The first-order chi connectivity index (χ1) is 11.4. The van der Waals surface area contributed by atoms with Crippen LogP contribution in [0, 0.1) is 13.8 Å². The highest BCUT2D eigenvalue weighted by atomic mass is 16.6. The summed E-state index contributed by atoms with van der Waals surface area (Å²) in [6.45, 7) is 4.09. The molecule has 0 fully saturated rings. The van der Waals surface area contributed by atoms with Gasteiger partial charge in [-0.15, -0.1) is 0 Å². The summed E-state index contributed by atoms with van der Waals surface area (Å²) < 4.78 is 5.40. The number of carbonyl (C=O) groups excluding carboxylic acids is 2. The molecular weight excluding hydrogens is 304 g/mol. The third kappa shape index (κ3) is 4.67. The lowest BCUT2D eigenvalue weighted by molar-refractivity contribution is 0.0958. The average molecular weight is 326 g/mol. The Kier molecular flexibility index (Phi) is 5.71. The van der Waals surface area contributed by atoms with E-state index in [4.69, 9.17) is 4.74 Å². The summed E-state index contributed by atoms with van der Waals surface area (Å²) in [4.78, 5) is 26.0. The van der Waals surface area contributed by atoms with Gasteiger partial charge in [-0.25, -0.2) is 4.79 Å². The first-order valence-electron chi connectivity index (χ1n) is 7.70. The number of para-hydroxylation sites is 1. The zero-order valence-corrected chi connectivity index (χ0v) is 14.4. The van der Waals surface area contributed by atoms with Gasteiger partial charge >= 0.3 is 6.09 Å².